The Balaban J connectivity index is 1.68. The molecule has 3 nitrogen and oxygen atoms in total. The van der Waals surface area contributed by atoms with Gasteiger partial charge < -0.3 is 9.67 Å². The third kappa shape index (κ3) is 3.10. The molecule has 0 radical (unpaired) electrons. The summed E-state index contributed by atoms with van der Waals surface area (Å²) in [5.41, 5.74) is 2.06. The Labute approximate surface area is 165 Å². The molecule has 1 heterocycles. The van der Waals surface area contributed by atoms with E-state index in [2.05, 4.69) is 43.1 Å². The summed E-state index contributed by atoms with van der Waals surface area (Å²) in [5, 5.41) is 10.3. The highest BCUT2D eigenvalue weighted by Crippen LogP contribution is 2.64. The maximum Gasteiger partial charge on any atom is 0.0946 e. The van der Waals surface area contributed by atoms with Crippen LogP contribution in [0.1, 0.15) is 65.7 Å². The molecule has 1 N–H and O–H groups in total. The van der Waals surface area contributed by atoms with E-state index in [0.717, 1.165) is 18.4 Å². The van der Waals surface area contributed by atoms with Gasteiger partial charge in [-0.3, -0.25) is 0 Å². The minimum absolute atomic E-state index is 0.262. The van der Waals surface area contributed by atoms with Gasteiger partial charge >= 0.3 is 0 Å². The lowest BCUT2D eigenvalue weighted by Gasteiger charge is -2.57. The smallest absolute Gasteiger partial charge is 0.0946 e. The lowest BCUT2D eigenvalue weighted by Crippen LogP contribution is -2.51. The normalized spacial score (nSPS) is 45.0. The first kappa shape index (κ1) is 19.2. The van der Waals surface area contributed by atoms with Gasteiger partial charge in [0.05, 0.1) is 6.33 Å². The SMILES string of the molecule is C=C1CCC2[C@H](Cn3ccnc3)C([C@@]3(C)CC[C@H](C)C[C@@H]3CO)CC[C@]12C. The first-order valence-corrected chi connectivity index (χ1v) is 11.1. The molecule has 2 unspecified atom stereocenters. The molecule has 7 atom stereocenters. The molecule has 3 aliphatic carbocycles. The number of hydrogen-bond donors (Lipinski definition) is 1. The molecule has 0 aliphatic heterocycles. The predicted molar refractivity (Wildman–Crippen MR) is 110 cm³/mol. The van der Waals surface area contributed by atoms with E-state index in [9.17, 15) is 5.11 Å². The quantitative estimate of drug-likeness (QED) is 0.729. The summed E-state index contributed by atoms with van der Waals surface area (Å²) in [5.74, 6) is 3.27. The Morgan fingerprint density at radius 1 is 1.22 bits per heavy atom. The molecule has 3 saturated carbocycles. The number of fused-ring (bicyclic) bond motifs is 1. The predicted octanol–water partition coefficient (Wildman–Crippen LogP) is 5.32. The van der Waals surface area contributed by atoms with Gasteiger partial charge in [-0.1, -0.05) is 39.3 Å². The van der Waals surface area contributed by atoms with E-state index >= 15 is 0 Å². The molecule has 150 valence electrons. The molecule has 3 heteroatoms. The molecular formula is C24H38N2O. The van der Waals surface area contributed by atoms with Crippen molar-refractivity contribution in [3.05, 3.63) is 30.9 Å². The fraction of sp³-hybridized carbons (Fsp3) is 0.792. The van der Waals surface area contributed by atoms with Crippen LogP contribution >= 0.6 is 0 Å². The Morgan fingerprint density at radius 2 is 2.04 bits per heavy atom. The van der Waals surface area contributed by atoms with Crippen LogP contribution in [0.2, 0.25) is 0 Å². The minimum atomic E-state index is 0.262. The standard InChI is InChI=1S/C24H38N2O/c1-17-7-9-24(4,19(13-17)15-27)22-8-10-23(3)18(2)5-6-21(23)20(22)14-26-12-11-25-16-26/h11-12,16-17,19-22,27H,2,5-10,13-15H2,1,3-4H3/t17-,19+,20-,21?,22?,23+,24-/m0/s1. The van der Waals surface area contributed by atoms with Crippen LogP contribution in [0.25, 0.3) is 0 Å². The van der Waals surface area contributed by atoms with E-state index in [-0.39, 0.29) is 5.41 Å². The van der Waals surface area contributed by atoms with E-state index in [0.29, 0.717) is 29.8 Å². The molecule has 27 heavy (non-hydrogen) atoms. The van der Waals surface area contributed by atoms with E-state index in [4.69, 9.17) is 0 Å². The monoisotopic (exact) mass is 370 g/mol. The summed E-state index contributed by atoms with van der Waals surface area (Å²) in [4.78, 5) is 4.31. The zero-order valence-corrected chi connectivity index (χ0v) is 17.5. The number of aliphatic hydroxyl groups excluding tert-OH is 1. The molecule has 0 spiro atoms. The highest BCUT2D eigenvalue weighted by Gasteiger charge is 2.56. The van der Waals surface area contributed by atoms with Crippen LogP contribution in [0.15, 0.2) is 30.9 Å². The van der Waals surface area contributed by atoms with Crippen molar-refractivity contribution in [3.63, 3.8) is 0 Å². The fourth-order valence-corrected chi connectivity index (χ4v) is 7.31. The Bertz CT molecular complexity index is 668. The second-order valence-corrected chi connectivity index (χ2v) is 10.5. The minimum Gasteiger partial charge on any atom is -0.396 e. The third-order valence-electron chi connectivity index (χ3n) is 9.24. The molecule has 1 aromatic rings. The number of hydrogen-bond acceptors (Lipinski definition) is 2. The van der Waals surface area contributed by atoms with Gasteiger partial charge in [0.2, 0.25) is 0 Å². The van der Waals surface area contributed by atoms with Crippen molar-refractivity contribution in [3.8, 4) is 0 Å². The van der Waals surface area contributed by atoms with Crippen molar-refractivity contribution in [1.82, 2.24) is 9.55 Å². The van der Waals surface area contributed by atoms with Crippen LogP contribution in [-0.4, -0.2) is 21.3 Å². The van der Waals surface area contributed by atoms with E-state index in [1.807, 2.05) is 12.5 Å². The molecule has 3 fully saturated rings. The second kappa shape index (κ2) is 7.06. The first-order chi connectivity index (χ1) is 12.9. The highest BCUT2D eigenvalue weighted by molar-refractivity contribution is 5.20. The average molecular weight is 371 g/mol. The van der Waals surface area contributed by atoms with Crippen molar-refractivity contribution < 1.29 is 5.11 Å². The van der Waals surface area contributed by atoms with Gasteiger partial charge in [-0.15, -0.1) is 0 Å². The van der Waals surface area contributed by atoms with Gasteiger partial charge in [-0.05, 0) is 78.9 Å². The molecular weight excluding hydrogens is 332 g/mol. The summed E-state index contributed by atoms with van der Waals surface area (Å²) >= 11 is 0. The lowest BCUT2D eigenvalue weighted by molar-refractivity contribution is -0.0840. The highest BCUT2D eigenvalue weighted by atomic mass is 16.3. The number of nitrogens with zero attached hydrogens (tertiary/aromatic N) is 2. The molecule has 0 aromatic carbocycles. The summed E-state index contributed by atoms with van der Waals surface area (Å²) in [6, 6.07) is 0. The van der Waals surface area contributed by atoms with Crippen molar-refractivity contribution >= 4 is 0 Å². The zero-order chi connectivity index (χ0) is 19.2. The summed E-state index contributed by atoms with van der Waals surface area (Å²) in [6.45, 7) is 13.3. The topological polar surface area (TPSA) is 38.0 Å². The number of imidazole rings is 1. The van der Waals surface area contributed by atoms with E-state index < -0.39 is 0 Å². The molecule has 0 bridgehead atoms. The van der Waals surface area contributed by atoms with E-state index in [1.54, 1.807) is 0 Å². The fourth-order valence-electron chi connectivity index (χ4n) is 7.31. The van der Waals surface area contributed by atoms with Crippen molar-refractivity contribution in [1.29, 1.82) is 0 Å². The molecule has 0 saturated heterocycles. The summed E-state index contributed by atoms with van der Waals surface area (Å²) in [7, 11) is 0. The number of rotatable bonds is 4. The van der Waals surface area contributed by atoms with Crippen molar-refractivity contribution in [2.45, 2.75) is 72.3 Å². The van der Waals surface area contributed by atoms with Gasteiger partial charge in [0, 0.05) is 25.5 Å². The second-order valence-electron chi connectivity index (χ2n) is 10.5. The maximum absolute atomic E-state index is 10.3. The largest absolute Gasteiger partial charge is 0.396 e. The van der Waals surface area contributed by atoms with Crippen LogP contribution < -0.4 is 0 Å². The van der Waals surface area contributed by atoms with Gasteiger partial charge in [0.15, 0.2) is 0 Å². The molecule has 0 amide bonds. The number of allylic oxidation sites excluding steroid dienone is 1. The van der Waals surface area contributed by atoms with Gasteiger partial charge in [0.25, 0.3) is 0 Å². The van der Waals surface area contributed by atoms with Crippen molar-refractivity contribution in [2.75, 3.05) is 6.61 Å². The Kier molecular flexibility index (Phi) is 5.03. The molecule has 1 aromatic heterocycles. The van der Waals surface area contributed by atoms with Crippen molar-refractivity contribution in [2.24, 2.45) is 40.4 Å². The van der Waals surface area contributed by atoms with Gasteiger partial charge in [0.1, 0.15) is 0 Å². The van der Waals surface area contributed by atoms with Crippen LogP contribution in [0.5, 0.6) is 0 Å². The van der Waals surface area contributed by atoms with Gasteiger partial charge in [-0.25, -0.2) is 4.98 Å². The Hall–Kier alpha value is -1.09. The third-order valence-corrected chi connectivity index (χ3v) is 9.24. The summed E-state index contributed by atoms with van der Waals surface area (Å²) < 4.78 is 2.30. The van der Waals surface area contributed by atoms with E-state index in [1.165, 1.54) is 50.5 Å². The lowest BCUT2D eigenvalue weighted by atomic mass is 9.49. The number of aromatic nitrogens is 2. The van der Waals surface area contributed by atoms with Crippen LogP contribution in [-0.2, 0) is 6.54 Å². The van der Waals surface area contributed by atoms with Crippen LogP contribution in [0.3, 0.4) is 0 Å². The first-order valence-electron chi connectivity index (χ1n) is 11.1. The maximum atomic E-state index is 10.3. The van der Waals surface area contributed by atoms with Crippen LogP contribution in [0, 0.1) is 40.4 Å². The van der Waals surface area contributed by atoms with Crippen LogP contribution in [0.4, 0.5) is 0 Å². The number of aliphatic hydroxyl groups is 1. The molecule has 3 aliphatic rings. The van der Waals surface area contributed by atoms with Gasteiger partial charge in [-0.2, -0.15) is 0 Å². The average Bonchev–Trinajstić information content (AvgIpc) is 3.26. The summed E-state index contributed by atoms with van der Waals surface area (Å²) in [6.07, 6.45) is 14.9. The molecule has 4 rings (SSSR count). The Morgan fingerprint density at radius 3 is 2.74 bits per heavy atom. The zero-order valence-electron chi connectivity index (χ0n) is 17.5.